The molecule has 3 rings (SSSR count). The molecule has 0 aromatic heterocycles. The number of rotatable bonds is 5. The summed E-state index contributed by atoms with van der Waals surface area (Å²) < 4.78 is 0. The molecule has 0 aromatic rings. The molecule has 2 aliphatic heterocycles. The quantitative estimate of drug-likeness (QED) is 0.269. The highest BCUT2D eigenvalue weighted by atomic mass is 16.4. The third-order valence-corrected chi connectivity index (χ3v) is 6.34. The summed E-state index contributed by atoms with van der Waals surface area (Å²) in [6.07, 6.45) is -3.35. The standard InChI is InChI=1S/C17H30N4O6/c1-7-3-9-10(4-8(7)2)21(5-11(23)14(25)12(24)6-22)15-13(18-9)16(26)20-17(27)19-15/h7-15,18,22-25H,3-6H2,1-2H3,(H2,19,20,26,27)/t7?,8?,9?,10?,11-,12+,13?,14-,15?/m1/s1. The molecule has 27 heavy (non-hydrogen) atoms. The molecule has 3 aliphatic rings. The average molecular weight is 386 g/mol. The summed E-state index contributed by atoms with van der Waals surface area (Å²) in [6.45, 7) is 3.60. The Morgan fingerprint density at radius 1 is 1.11 bits per heavy atom. The maximum atomic E-state index is 12.3. The van der Waals surface area contributed by atoms with E-state index in [4.69, 9.17) is 5.11 Å². The number of aliphatic hydroxyl groups excluding tert-OH is 4. The van der Waals surface area contributed by atoms with E-state index in [2.05, 4.69) is 29.8 Å². The molecule has 6 unspecified atom stereocenters. The van der Waals surface area contributed by atoms with Gasteiger partial charge in [0.1, 0.15) is 24.4 Å². The monoisotopic (exact) mass is 386 g/mol. The van der Waals surface area contributed by atoms with Crippen molar-refractivity contribution in [1.82, 2.24) is 20.9 Å². The molecular formula is C17H30N4O6. The van der Waals surface area contributed by atoms with Gasteiger partial charge in [0.2, 0.25) is 5.91 Å². The first kappa shape index (κ1) is 20.4. The van der Waals surface area contributed by atoms with Crippen LogP contribution >= 0.6 is 0 Å². The van der Waals surface area contributed by atoms with Gasteiger partial charge in [-0.2, -0.15) is 0 Å². The lowest BCUT2D eigenvalue weighted by Crippen LogP contribution is -2.79. The summed E-state index contributed by atoms with van der Waals surface area (Å²) >= 11 is 0. The summed E-state index contributed by atoms with van der Waals surface area (Å²) in [4.78, 5) is 26.0. The van der Waals surface area contributed by atoms with Gasteiger partial charge in [-0.1, -0.05) is 13.8 Å². The van der Waals surface area contributed by atoms with E-state index in [1.165, 1.54) is 0 Å². The third kappa shape index (κ3) is 3.96. The Bertz CT molecular complexity index is 578. The third-order valence-electron chi connectivity index (χ3n) is 6.34. The molecule has 154 valence electrons. The van der Waals surface area contributed by atoms with Crippen LogP contribution in [0.25, 0.3) is 0 Å². The fourth-order valence-electron chi connectivity index (χ4n) is 4.52. The number of β-amino-alcohol motifs (C(OH)–C–C–N with tert-alkyl or cyclic N) is 1. The van der Waals surface area contributed by atoms with Crippen LogP contribution in [-0.4, -0.2) is 93.0 Å². The topological polar surface area (TPSA) is 154 Å². The second kappa shape index (κ2) is 7.98. The molecule has 0 aromatic carbocycles. The van der Waals surface area contributed by atoms with E-state index in [1.54, 1.807) is 0 Å². The lowest BCUT2D eigenvalue weighted by atomic mass is 9.73. The van der Waals surface area contributed by atoms with Crippen molar-refractivity contribution >= 4 is 11.9 Å². The van der Waals surface area contributed by atoms with E-state index in [-0.39, 0.29) is 18.6 Å². The van der Waals surface area contributed by atoms with Gasteiger partial charge < -0.3 is 25.7 Å². The van der Waals surface area contributed by atoms with Crippen LogP contribution in [0.4, 0.5) is 4.79 Å². The van der Waals surface area contributed by atoms with Crippen LogP contribution in [0.15, 0.2) is 0 Å². The van der Waals surface area contributed by atoms with E-state index in [0.29, 0.717) is 11.8 Å². The number of carbonyl (C=O) groups is 2. The minimum atomic E-state index is -1.53. The van der Waals surface area contributed by atoms with Crippen LogP contribution in [0.5, 0.6) is 0 Å². The first-order valence-corrected chi connectivity index (χ1v) is 9.51. The maximum Gasteiger partial charge on any atom is 0.322 e. The number of hydrogen-bond acceptors (Lipinski definition) is 8. The molecule has 0 bridgehead atoms. The number of piperazine rings is 1. The molecule has 0 radical (unpaired) electrons. The van der Waals surface area contributed by atoms with Crippen LogP contribution < -0.4 is 16.0 Å². The van der Waals surface area contributed by atoms with Gasteiger partial charge in [0.15, 0.2) is 0 Å². The number of fused-ring (bicyclic) bond motifs is 2. The first-order chi connectivity index (χ1) is 12.7. The second-order valence-corrected chi connectivity index (χ2v) is 8.16. The van der Waals surface area contributed by atoms with Crippen molar-refractivity contribution in [3.8, 4) is 0 Å². The molecule has 2 saturated heterocycles. The van der Waals surface area contributed by atoms with Crippen molar-refractivity contribution in [3.63, 3.8) is 0 Å². The minimum Gasteiger partial charge on any atom is -0.394 e. The average Bonchev–Trinajstić information content (AvgIpc) is 2.62. The number of amides is 3. The Morgan fingerprint density at radius 3 is 2.44 bits per heavy atom. The smallest absolute Gasteiger partial charge is 0.322 e. The van der Waals surface area contributed by atoms with Gasteiger partial charge >= 0.3 is 6.03 Å². The lowest BCUT2D eigenvalue weighted by Gasteiger charge is -2.55. The summed E-state index contributed by atoms with van der Waals surface area (Å²) in [5, 5.41) is 47.4. The fourth-order valence-corrected chi connectivity index (χ4v) is 4.52. The largest absolute Gasteiger partial charge is 0.394 e. The number of imide groups is 1. The maximum absolute atomic E-state index is 12.3. The zero-order valence-electron chi connectivity index (χ0n) is 15.6. The highest BCUT2D eigenvalue weighted by Crippen LogP contribution is 2.36. The first-order valence-electron chi connectivity index (χ1n) is 9.51. The zero-order valence-corrected chi connectivity index (χ0v) is 15.6. The van der Waals surface area contributed by atoms with Crippen LogP contribution in [0.2, 0.25) is 0 Å². The van der Waals surface area contributed by atoms with Gasteiger partial charge in [-0.05, 0) is 24.7 Å². The Kier molecular flexibility index (Phi) is 6.04. The SMILES string of the molecule is CC1CC2NC3C(=O)NC(=O)NC3N(C[C@@H](O)[C@@H](O)[C@@H](O)CO)C2CC1C. The van der Waals surface area contributed by atoms with E-state index in [9.17, 15) is 24.9 Å². The highest BCUT2D eigenvalue weighted by molar-refractivity contribution is 6.00. The van der Waals surface area contributed by atoms with Gasteiger partial charge in [0.25, 0.3) is 0 Å². The normalized spacial score (nSPS) is 40.2. The van der Waals surface area contributed by atoms with Crippen LogP contribution in [0.3, 0.4) is 0 Å². The van der Waals surface area contributed by atoms with Gasteiger partial charge in [-0.3, -0.25) is 20.3 Å². The number of carbonyl (C=O) groups excluding carboxylic acids is 2. The summed E-state index contributed by atoms with van der Waals surface area (Å²) in [5.41, 5.74) is 0. The summed E-state index contributed by atoms with van der Waals surface area (Å²) in [5.74, 6) is 0.458. The molecule has 2 heterocycles. The number of nitrogens with one attached hydrogen (secondary N) is 3. The number of urea groups is 1. The predicted octanol–water partition coefficient (Wildman–Crippen LogP) is -2.70. The van der Waals surface area contributed by atoms with Crippen molar-refractivity contribution in [2.24, 2.45) is 11.8 Å². The van der Waals surface area contributed by atoms with Crippen LogP contribution in [-0.2, 0) is 4.79 Å². The molecule has 10 heteroatoms. The summed E-state index contributed by atoms with van der Waals surface area (Å²) in [7, 11) is 0. The number of aliphatic hydroxyl groups is 4. The molecule has 3 fully saturated rings. The van der Waals surface area contributed by atoms with Crippen LogP contribution in [0.1, 0.15) is 26.7 Å². The Labute approximate surface area is 157 Å². The summed E-state index contributed by atoms with van der Waals surface area (Å²) in [6, 6.07) is -1.31. The van der Waals surface area contributed by atoms with Crippen molar-refractivity contribution < 1.29 is 30.0 Å². The molecule has 0 spiro atoms. The van der Waals surface area contributed by atoms with Crippen molar-refractivity contribution in [2.75, 3.05) is 13.2 Å². The highest BCUT2D eigenvalue weighted by Gasteiger charge is 2.51. The lowest BCUT2D eigenvalue weighted by molar-refractivity contribution is -0.135. The van der Waals surface area contributed by atoms with Crippen molar-refractivity contribution in [1.29, 1.82) is 0 Å². The van der Waals surface area contributed by atoms with Crippen molar-refractivity contribution in [3.05, 3.63) is 0 Å². The Balaban J connectivity index is 1.85. The van der Waals surface area contributed by atoms with Gasteiger partial charge in [-0.15, -0.1) is 0 Å². The van der Waals surface area contributed by atoms with Gasteiger partial charge in [0.05, 0.1) is 12.7 Å². The molecule has 10 nitrogen and oxygen atoms in total. The van der Waals surface area contributed by atoms with Gasteiger partial charge in [0, 0.05) is 18.6 Å². The van der Waals surface area contributed by atoms with E-state index in [1.807, 2.05) is 4.90 Å². The molecule has 1 aliphatic carbocycles. The van der Waals surface area contributed by atoms with Gasteiger partial charge in [-0.25, -0.2) is 4.79 Å². The molecule has 3 amide bonds. The molecule has 1 saturated carbocycles. The molecule has 9 atom stereocenters. The fraction of sp³-hybridized carbons (Fsp3) is 0.882. The van der Waals surface area contributed by atoms with E-state index in [0.717, 1.165) is 12.8 Å². The van der Waals surface area contributed by atoms with Crippen molar-refractivity contribution in [2.45, 2.75) is 69.3 Å². The minimum absolute atomic E-state index is 0.00492. The Hall–Kier alpha value is -1.30. The predicted molar refractivity (Wildman–Crippen MR) is 94.3 cm³/mol. The second-order valence-electron chi connectivity index (χ2n) is 8.16. The van der Waals surface area contributed by atoms with E-state index < -0.39 is 49.1 Å². The molecule has 7 N–H and O–H groups in total. The zero-order chi connectivity index (χ0) is 19.9. The molecular weight excluding hydrogens is 356 g/mol. The van der Waals surface area contributed by atoms with Crippen LogP contribution in [0, 0.1) is 11.8 Å². The Morgan fingerprint density at radius 2 is 1.78 bits per heavy atom. The van der Waals surface area contributed by atoms with E-state index >= 15 is 0 Å². The number of nitrogens with zero attached hydrogens (tertiary/aromatic N) is 1. The number of hydrogen-bond donors (Lipinski definition) is 7.